The van der Waals surface area contributed by atoms with E-state index in [1.54, 1.807) is 43.3 Å². The fraction of sp³-hybridized carbons (Fsp3) is 0.417. The second-order valence-electron chi connectivity index (χ2n) is 8.40. The van der Waals surface area contributed by atoms with Crippen molar-refractivity contribution < 1.29 is 22.4 Å². The highest BCUT2D eigenvalue weighted by atomic mass is 35.5. The van der Waals surface area contributed by atoms with Crippen molar-refractivity contribution in [3.8, 4) is 0 Å². The fourth-order valence-corrected chi connectivity index (χ4v) is 4.48. The molecule has 0 saturated carbocycles. The van der Waals surface area contributed by atoms with Gasteiger partial charge in [-0.1, -0.05) is 23.7 Å². The first-order valence-electron chi connectivity index (χ1n) is 11.0. The Morgan fingerprint density at radius 3 is 2.15 bits per heavy atom. The number of benzene rings is 2. The summed E-state index contributed by atoms with van der Waals surface area (Å²) in [4.78, 5) is 27.2. The van der Waals surface area contributed by atoms with Gasteiger partial charge in [-0.3, -0.25) is 13.9 Å². The average Bonchev–Trinajstić information content (AvgIpc) is 2.75. The van der Waals surface area contributed by atoms with Crippen LogP contribution in [-0.4, -0.2) is 50.0 Å². The van der Waals surface area contributed by atoms with Crippen LogP contribution >= 0.6 is 11.6 Å². The van der Waals surface area contributed by atoms with Crippen molar-refractivity contribution in [1.82, 2.24) is 10.2 Å². The Morgan fingerprint density at radius 2 is 1.62 bits per heavy atom. The second-order valence-corrected chi connectivity index (χ2v) is 10.7. The number of sulfonamides is 1. The second kappa shape index (κ2) is 12.2. The molecule has 2 rings (SSSR count). The Balaban J connectivity index is 2.15. The molecular weight excluding hydrogens is 481 g/mol. The molecule has 10 heteroatoms. The zero-order chi connectivity index (χ0) is 25.5. The first-order valence-corrected chi connectivity index (χ1v) is 13.2. The smallest absolute Gasteiger partial charge is 0.242 e. The third-order valence-electron chi connectivity index (χ3n) is 5.13. The third-order valence-corrected chi connectivity index (χ3v) is 6.58. The van der Waals surface area contributed by atoms with Crippen LogP contribution in [0, 0.1) is 5.82 Å². The number of anilines is 1. The standard InChI is InChI=1S/C24H31ClFN3O4S/c1-17(2)27-24(31)18(3)28(16-19-7-11-21(26)12-8-19)23(30)6-5-15-29(34(4,32)33)22-13-9-20(25)10-14-22/h7-14,17-18H,5-6,15-16H2,1-4H3,(H,27,31)/t18-/m0/s1. The van der Waals surface area contributed by atoms with Crippen molar-refractivity contribution in [2.45, 2.75) is 52.2 Å². The molecule has 2 amide bonds. The molecule has 1 atom stereocenters. The lowest BCUT2D eigenvalue weighted by Gasteiger charge is -2.30. The van der Waals surface area contributed by atoms with Crippen LogP contribution in [-0.2, 0) is 26.2 Å². The number of hydrogen-bond donors (Lipinski definition) is 1. The average molecular weight is 512 g/mol. The molecule has 0 heterocycles. The third kappa shape index (κ3) is 8.29. The number of amides is 2. The lowest BCUT2D eigenvalue weighted by molar-refractivity contribution is -0.140. The van der Waals surface area contributed by atoms with E-state index < -0.39 is 21.9 Å². The Bertz CT molecular complexity index is 1080. The molecular formula is C24H31ClFN3O4S. The molecule has 0 aliphatic rings. The van der Waals surface area contributed by atoms with Gasteiger partial charge in [-0.05, 0) is 69.2 Å². The van der Waals surface area contributed by atoms with Crippen LogP contribution in [0.4, 0.5) is 10.1 Å². The van der Waals surface area contributed by atoms with E-state index >= 15 is 0 Å². The maximum Gasteiger partial charge on any atom is 0.242 e. The summed E-state index contributed by atoms with van der Waals surface area (Å²) in [5, 5.41) is 3.29. The molecule has 0 saturated heterocycles. The van der Waals surface area contributed by atoms with Crippen LogP contribution in [0.5, 0.6) is 0 Å². The molecule has 2 aromatic rings. The van der Waals surface area contributed by atoms with E-state index in [0.717, 1.165) is 6.26 Å². The minimum Gasteiger partial charge on any atom is -0.352 e. The maximum absolute atomic E-state index is 13.3. The molecule has 0 spiro atoms. The van der Waals surface area contributed by atoms with Crippen LogP contribution in [0.2, 0.25) is 5.02 Å². The molecule has 0 aromatic heterocycles. The Morgan fingerprint density at radius 1 is 1.03 bits per heavy atom. The highest BCUT2D eigenvalue weighted by Crippen LogP contribution is 2.21. The van der Waals surface area contributed by atoms with Gasteiger partial charge in [0.1, 0.15) is 11.9 Å². The van der Waals surface area contributed by atoms with E-state index in [0.29, 0.717) is 16.3 Å². The summed E-state index contributed by atoms with van der Waals surface area (Å²) in [6.07, 6.45) is 1.37. The summed E-state index contributed by atoms with van der Waals surface area (Å²) in [6.45, 7) is 5.50. The minimum atomic E-state index is -3.58. The minimum absolute atomic E-state index is 0.0279. The molecule has 2 aromatic carbocycles. The summed E-state index contributed by atoms with van der Waals surface area (Å²) < 4.78 is 39.1. The molecule has 34 heavy (non-hydrogen) atoms. The van der Waals surface area contributed by atoms with Crippen molar-refractivity contribution in [2.24, 2.45) is 0 Å². The van der Waals surface area contributed by atoms with Crippen molar-refractivity contribution in [3.05, 3.63) is 64.9 Å². The topological polar surface area (TPSA) is 86.8 Å². The maximum atomic E-state index is 13.3. The highest BCUT2D eigenvalue weighted by molar-refractivity contribution is 7.92. The summed E-state index contributed by atoms with van der Waals surface area (Å²) in [5.74, 6) is -1.00. The molecule has 0 unspecified atom stereocenters. The predicted molar refractivity (Wildman–Crippen MR) is 133 cm³/mol. The summed E-state index contributed by atoms with van der Waals surface area (Å²) in [5.41, 5.74) is 1.13. The van der Waals surface area contributed by atoms with E-state index in [2.05, 4.69) is 5.32 Å². The van der Waals surface area contributed by atoms with E-state index in [-0.39, 0.29) is 43.8 Å². The summed E-state index contributed by atoms with van der Waals surface area (Å²) >= 11 is 5.90. The zero-order valence-electron chi connectivity index (χ0n) is 19.8. The van der Waals surface area contributed by atoms with E-state index in [4.69, 9.17) is 11.6 Å². The molecule has 7 nitrogen and oxygen atoms in total. The van der Waals surface area contributed by atoms with Crippen LogP contribution in [0.25, 0.3) is 0 Å². The number of halogens is 2. The monoisotopic (exact) mass is 511 g/mol. The fourth-order valence-electron chi connectivity index (χ4n) is 3.39. The molecule has 0 bridgehead atoms. The molecule has 0 fully saturated rings. The van der Waals surface area contributed by atoms with Gasteiger partial charge in [0.25, 0.3) is 0 Å². The van der Waals surface area contributed by atoms with Crippen molar-refractivity contribution >= 4 is 39.1 Å². The highest BCUT2D eigenvalue weighted by Gasteiger charge is 2.27. The van der Waals surface area contributed by atoms with E-state index in [9.17, 15) is 22.4 Å². The number of carbonyl (C=O) groups is 2. The molecule has 186 valence electrons. The lowest BCUT2D eigenvalue weighted by atomic mass is 10.1. The first-order chi connectivity index (χ1) is 15.9. The number of rotatable bonds is 11. The number of nitrogens with zero attached hydrogens (tertiary/aromatic N) is 2. The number of carbonyl (C=O) groups excluding carboxylic acids is 2. The van der Waals surface area contributed by atoms with Crippen LogP contribution in [0.3, 0.4) is 0 Å². The van der Waals surface area contributed by atoms with Gasteiger partial charge in [0.2, 0.25) is 21.8 Å². The van der Waals surface area contributed by atoms with Gasteiger partial charge < -0.3 is 10.2 Å². The molecule has 1 N–H and O–H groups in total. The summed E-state index contributed by atoms with van der Waals surface area (Å²) in [6, 6.07) is 11.3. The van der Waals surface area contributed by atoms with E-state index in [1.807, 2.05) is 13.8 Å². The van der Waals surface area contributed by atoms with Gasteiger partial charge >= 0.3 is 0 Å². The number of hydrogen-bond acceptors (Lipinski definition) is 4. The van der Waals surface area contributed by atoms with Gasteiger partial charge in [-0.2, -0.15) is 0 Å². The van der Waals surface area contributed by atoms with Gasteiger partial charge in [-0.25, -0.2) is 12.8 Å². The Labute approximate surface area is 205 Å². The van der Waals surface area contributed by atoms with Crippen molar-refractivity contribution in [1.29, 1.82) is 0 Å². The van der Waals surface area contributed by atoms with Gasteiger partial charge in [0.15, 0.2) is 0 Å². The largest absolute Gasteiger partial charge is 0.352 e. The molecule has 0 aliphatic heterocycles. The summed E-state index contributed by atoms with van der Waals surface area (Å²) in [7, 11) is -3.58. The van der Waals surface area contributed by atoms with Crippen LogP contribution < -0.4 is 9.62 Å². The van der Waals surface area contributed by atoms with Gasteiger partial charge in [0.05, 0.1) is 11.9 Å². The molecule has 0 radical (unpaired) electrons. The first kappa shape index (κ1) is 27.6. The van der Waals surface area contributed by atoms with E-state index in [1.165, 1.54) is 21.3 Å². The van der Waals surface area contributed by atoms with Crippen LogP contribution in [0.15, 0.2) is 48.5 Å². The number of nitrogens with one attached hydrogen (secondary N) is 1. The van der Waals surface area contributed by atoms with Gasteiger partial charge in [-0.15, -0.1) is 0 Å². The van der Waals surface area contributed by atoms with Crippen LogP contribution in [0.1, 0.15) is 39.2 Å². The normalized spacial score (nSPS) is 12.3. The zero-order valence-corrected chi connectivity index (χ0v) is 21.4. The van der Waals surface area contributed by atoms with Gasteiger partial charge in [0, 0.05) is 30.6 Å². The van der Waals surface area contributed by atoms with Crippen molar-refractivity contribution in [3.63, 3.8) is 0 Å². The van der Waals surface area contributed by atoms with Crippen molar-refractivity contribution in [2.75, 3.05) is 17.1 Å². The lowest BCUT2D eigenvalue weighted by Crippen LogP contribution is -2.49. The Kier molecular flexibility index (Phi) is 9.88. The molecule has 0 aliphatic carbocycles. The predicted octanol–water partition coefficient (Wildman–Crippen LogP) is 3.97. The quantitative estimate of drug-likeness (QED) is 0.494. The Hall–Kier alpha value is -2.65. The SMILES string of the molecule is CC(C)NC(=O)[C@H](C)N(Cc1ccc(F)cc1)C(=O)CCCN(c1ccc(Cl)cc1)S(C)(=O)=O.